The summed E-state index contributed by atoms with van der Waals surface area (Å²) in [5, 5.41) is 5.61. The van der Waals surface area contributed by atoms with E-state index in [0.717, 1.165) is 44.5 Å². The van der Waals surface area contributed by atoms with Crippen LogP contribution in [-0.4, -0.2) is 50.1 Å². The zero-order valence-electron chi connectivity index (χ0n) is 17.5. The molecule has 0 saturated carbocycles. The summed E-state index contributed by atoms with van der Waals surface area (Å²) < 4.78 is 6.98. The van der Waals surface area contributed by atoms with E-state index in [2.05, 4.69) is 16.8 Å². The van der Waals surface area contributed by atoms with Crippen molar-refractivity contribution in [2.24, 2.45) is 0 Å². The largest absolute Gasteiger partial charge is 0.497 e. The lowest BCUT2D eigenvalue weighted by atomic mass is 10.0. The molecule has 0 aromatic carbocycles. The van der Waals surface area contributed by atoms with Crippen molar-refractivity contribution in [3.8, 4) is 0 Å². The van der Waals surface area contributed by atoms with Gasteiger partial charge in [-0.25, -0.2) is 0 Å². The van der Waals surface area contributed by atoms with Gasteiger partial charge in [-0.15, -0.1) is 11.3 Å². The molecular weight excluding hydrogens is 395 g/mol. The fourth-order valence-corrected chi connectivity index (χ4v) is 4.40. The number of nitrogen functional groups attached to an aromatic ring is 1. The highest BCUT2D eigenvalue weighted by Gasteiger charge is 2.19. The third-order valence-corrected chi connectivity index (χ3v) is 6.40. The average molecular weight is 424 g/mol. The van der Waals surface area contributed by atoms with Crippen LogP contribution in [0.5, 0.6) is 0 Å². The van der Waals surface area contributed by atoms with Crippen LogP contribution in [0, 0.1) is 0 Å². The first-order chi connectivity index (χ1) is 14.5. The number of thiophene rings is 1. The van der Waals surface area contributed by atoms with Gasteiger partial charge in [0, 0.05) is 42.7 Å². The van der Waals surface area contributed by atoms with Gasteiger partial charge in [-0.1, -0.05) is 18.1 Å². The van der Waals surface area contributed by atoms with Crippen LogP contribution in [0.1, 0.15) is 23.4 Å². The molecule has 0 aliphatic carbocycles. The Balaban J connectivity index is 1.55. The highest BCUT2D eigenvalue weighted by atomic mass is 32.1. The second-order valence-corrected chi connectivity index (χ2v) is 8.46. The molecule has 0 bridgehead atoms. The van der Waals surface area contributed by atoms with Crippen LogP contribution in [0.4, 0.5) is 5.69 Å². The lowest BCUT2D eigenvalue weighted by molar-refractivity contribution is 0.190. The number of aromatic nitrogens is 1. The second-order valence-electron chi connectivity index (χ2n) is 7.46. The minimum atomic E-state index is -0.0678. The number of nitrogens with two attached hydrogens (primary N) is 1. The van der Waals surface area contributed by atoms with E-state index in [0.29, 0.717) is 29.7 Å². The molecule has 1 aliphatic rings. The fraction of sp³-hybridized carbons (Fsp3) is 0.409. The number of piperidine rings is 1. The number of nitrogens with one attached hydrogen (secondary N) is 1. The van der Waals surface area contributed by atoms with Crippen LogP contribution in [0.15, 0.2) is 46.8 Å². The Morgan fingerprint density at radius 1 is 1.40 bits per heavy atom. The lowest BCUT2D eigenvalue weighted by Gasteiger charge is -2.32. The molecule has 1 aliphatic heterocycles. The topological polar surface area (TPSA) is 72.5 Å². The number of methoxy groups -OCH3 is 1. The van der Waals surface area contributed by atoms with E-state index in [1.54, 1.807) is 41.2 Å². The van der Waals surface area contributed by atoms with E-state index in [1.807, 2.05) is 11.4 Å². The minimum absolute atomic E-state index is 0.0678. The highest BCUT2D eigenvalue weighted by molar-refractivity contribution is 7.10. The maximum atomic E-state index is 12.5. The molecule has 158 valence electrons. The summed E-state index contributed by atoms with van der Waals surface area (Å²) in [6, 6.07) is 5.69. The third kappa shape index (κ3) is 5.87. The molecular formula is C22H29BN4O2S. The molecule has 3 N–H and O–H groups in total. The molecule has 6 nitrogen and oxygen atoms in total. The van der Waals surface area contributed by atoms with Crippen LogP contribution in [0.25, 0.3) is 6.08 Å². The van der Waals surface area contributed by atoms with Gasteiger partial charge in [0.1, 0.15) is 13.6 Å². The van der Waals surface area contributed by atoms with Crippen molar-refractivity contribution < 1.29 is 4.74 Å². The molecule has 30 heavy (non-hydrogen) atoms. The zero-order valence-corrected chi connectivity index (χ0v) is 18.3. The summed E-state index contributed by atoms with van der Waals surface area (Å²) in [5.41, 5.74) is 8.11. The maximum Gasteiger partial charge on any atom is 0.251 e. The first-order valence-corrected chi connectivity index (χ1v) is 11.0. The van der Waals surface area contributed by atoms with E-state index < -0.39 is 0 Å². The molecule has 2 aromatic heterocycles. The molecule has 0 amide bonds. The lowest BCUT2D eigenvalue weighted by Crippen LogP contribution is -2.43. The Morgan fingerprint density at radius 3 is 2.80 bits per heavy atom. The first kappa shape index (κ1) is 22.4. The number of allylic oxidation sites excluding steroid dienone is 1. The fourth-order valence-electron chi connectivity index (χ4n) is 3.68. The smallest absolute Gasteiger partial charge is 0.251 e. The van der Waals surface area contributed by atoms with E-state index >= 15 is 0 Å². The van der Waals surface area contributed by atoms with Crippen molar-refractivity contribution in [2.45, 2.75) is 32.0 Å². The molecule has 3 heterocycles. The van der Waals surface area contributed by atoms with Crippen LogP contribution in [-0.2, 0) is 17.8 Å². The molecule has 0 spiro atoms. The van der Waals surface area contributed by atoms with Crippen molar-refractivity contribution in [3.63, 3.8) is 0 Å². The SMILES string of the molecule is [B]c1csc(CNC2CCN(CCn3c(/C=C(\C=C)OC)c(N)ccc3=O)CC2)c1. The Bertz CT molecular complexity index is 945. The molecule has 1 fully saturated rings. The number of ether oxygens (including phenoxy) is 1. The van der Waals surface area contributed by atoms with Gasteiger partial charge >= 0.3 is 0 Å². The Labute approximate surface area is 183 Å². The summed E-state index contributed by atoms with van der Waals surface area (Å²) in [6.07, 6.45) is 5.54. The summed E-state index contributed by atoms with van der Waals surface area (Å²) in [4.78, 5) is 16.1. The second kappa shape index (κ2) is 10.7. The zero-order chi connectivity index (χ0) is 21.5. The van der Waals surface area contributed by atoms with E-state index in [-0.39, 0.29) is 5.56 Å². The molecule has 0 unspecified atom stereocenters. The molecule has 8 heteroatoms. The summed E-state index contributed by atoms with van der Waals surface area (Å²) in [6.45, 7) is 7.98. The predicted octanol–water partition coefficient (Wildman–Crippen LogP) is 1.71. The summed E-state index contributed by atoms with van der Waals surface area (Å²) in [5.74, 6) is 0.570. The van der Waals surface area contributed by atoms with E-state index in [9.17, 15) is 4.79 Å². The third-order valence-electron chi connectivity index (χ3n) is 5.44. The Hall–Kier alpha value is -2.29. The molecule has 2 radical (unpaired) electrons. The van der Waals surface area contributed by atoms with Crippen molar-refractivity contribution in [1.29, 1.82) is 0 Å². The molecule has 1 saturated heterocycles. The first-order valence-electron chi connectivity index (χ1n) is 10.2. The van der Waals surface area contributed by atoms with Gasteiger partial charge in [-0.2, -0.15) is 0 Å². The molecule has 0 atom stereocenters. The number of rotatable bonds is 9. The number of likely N-dealkylation sites (tertiary alicyclic amines) is 1. The van der Waals surface area contributed by atoms with Gasteiger partial charge in [0.15, 0.2) is 0 Å². The van der Waals surface area contributed by atoms with Crippen molar-refractivity contribution in [1.82, 2.24) is 14.8 Å². The molecule has 3 rings (SSSR count). The summed E-state index contributed by atoms with van der Waals surface area (Å²) in [7, 11) is 7.36. The van der Waals surface area contributed by atoms with Crippen molar-refractivity contribution in [2.75, 3.05) is 32.5 Å². The predicted molar refractivity (Wildman–Crippen MR) is 126 cm³/mol. The van der Waals surface area contributed by atoms with Crippen LogP contribution in [0.2, 0.25) is 0 Å². The summed E-state index contributed by atoms with van der Waals surface area (Å²) >= 11 is 1.70. The van der Waals surface area contributed by atoms with Crippen LogP contribution in [0.3, 0.4) is 0 Å². The van der Waals surface area contributed by atoms with Gasteiger partial charge in [0.2, 0.25) is 0 Å². The minimum Gasteiger partial charge on any atom is -0.497 e. The number of hydrogen-bond acceptors (Lipinski definition) is 6. The Morgan fingerprint density at radius 2 is 2.17 bits per heavy atom. The average Bonchev–Trinajstić information content (AvgIpc) is 3.18. The standard InChI is InChI=1S/C22H29BN4O2S/c1-3-18(29-2)13-21-20(24)4-5-22(28)27(21)11-10-26-8-6-17(7-9-26)25-14-19-12-16(23)15-30-19/h3-5,12-13,15,17,25H,1,6-11,14,24H2,2H3/b18-13+. The number of nitrogens with zero attached hydrogens (tertiary/aromatic N) is 2. The van der Waals surface area contributed by atoms with Gasteiger partial charge in [-0.3, -0.25) is 4.79 Å². The van der Waals surface area contributed by atoms with Crippen molar-refractivity contribution >= 4 is 36.4 Å². The van der Waals surface area contributed by atoms with E-state index in [4.69, 9.17) is 18.3 Å². The van der Waals surface area contributed by atoms with E-state index in [1.165, 1.54) is 10.9 Å². The monoisotopic (exact) mass is 424 g/mol. The van der Waals surface area contributed by atoms with Gasteiger partial charge in [-0.05, 0) is 43.5 Å². The van der Waals surface area contributed by atoms with Crippen LogP contribution >= 0.6 is 11.3 Å². The Kier molecular flexibility index (Phi) is 7.96. The normalized spacial score (nSPS) is 16.0. The van der Waals surface area contributed by atoms with Gasteiger partial charge in [0.05, 0.1) is 18.5 Å². The number of hydrogen-bond donors (Lipinski definition) is 2. The maximum absolute atomic E-state index is 12.5. The van der Waals surface area contributed by atoms with Gasteiger partial charge < -0.3 is 25.3 Å². The highest BCUT2D eigenvalue weighted by Crippen LogP contribution is 2.16. The number of anilines is 1. The van der Waals surface area contributed by atoms with Gasteiger partial charge in [0.25, 0.3) is 5.56 Å². The number of pyridine rings is 1. The van der Waals surface area contributed by atoms with Crippen LogP contribution < -0.4 is 22.1 Å². The van der Waals surface area contributed by atoms with Crippen molar-refractivity contribution in [3.05, 3.63) is 62.9 Å². The quantitative estimate of drug-likeness (QED) is 0.364. The molecule has 2 aromatic rings.